The molecule has 28 heavy (non-hydrogen) atoms. The van der Waals surface area contributed by atoms with Crippen LogP contribution in [-0.4, -0.2) is 29.2 Å². The number of aromatic nitrogens is 2. The highest BCUT2D eigenvalue weighted by Crippen LogP contribution is 2.61. The van der Waals surface area contributed by atoms with Gasteiger partial charge in [0.15, 0.2) is 0 Å². The van der Waals surface area contributed by atoms with E-state index in [0.717, 1.165) is 24.8 Å². The van der Waals surface area contributed by atoms with Gasteiger partial charge in [0.25, 0.3) is 5.56 Å². The van der Waals surface area contributed by atoms with Gasteiger partial charge in [-0.05, 0) is 36.6 Å². The molecule has 1 unspecified atom stereocenters. The van der Waals surface area contributed by atoms with E-state index in [2.05, 4.69) is 9.97 Å². The molecule has 1 aromatic heterocycles. The summed E-state index contributed by atoms with van der Waals surface area (Å²) in [4.78, 5) is 28.2. The molecular weight excluding hydrogens is 378 g/mol. The molecule has 1 spiro atoms. The molecule has 144 valence electrons. The van der Waals surface area contributed by atoms with E-state index < -0.39 is 21.3 Å². The molecule has 0 amide bonds. The van der Waals surface area contributed by atoms with E-state index in [1.165, 1.54) is 18.2 Å². The lowest BCUT2D eigenvalue weighted by atomic mass is 9.58. The van der Waals surface area contributed by atoms with Crippen molar-refractivity contribution in [2.45, 2.75) is 30.2 Å². The summed E-state index contributed by atoms with van der Waals surface area (Å²) in [5, 5.41) is 0.149. The third-order valence-electron chi connectivity index (χ3n) is 6.12. The fourth-order valence-corrected chi connectivity index (χ4v) is 6.39. The average molecular weight is 397 g/mol. The lowest BCUT2D eigenvalue weighted by Gasteiger charge is -2.61. The second-order valence-corrected chi connectivity index (χ2v) is 9.59. The van der Waals surface area contributed by atoms with Crippen molar-refractivity contribution < 1.29 is 8.42 Å². The molecule has 5 rings (SSSR count). The average Bonchev–Trinajstić information content (AvgIpc) is 2.60. The van der Waals surface area contributed by atoms with Gasteiger partial charge in [-0.25, -0.2) is 13.2 Å². The second kappa shape index (κ2) is 5.89. The first-order chi connectivity index (χ1) is 13.4. The minimum atomic E-state index is -3.78. The van der Waals surface area contributed by atoms with Crippen LogP contribution in [0.3, 0.4) is 0 Å². The first-order valence-electron chi connectivity index (χ1n) is 9.24. The molecule has 8 heteroatoms. The van der Waals surface area contributed by atoms with Crippen LogP contribution in [0.15, 0.2) is 63.0 Å². The zero-order chi connectivity index (χ0) is 19.5. The fourth-order valence-electron chi connectivity index (χ4n) is 4.56. The number of hydrogen-bond acceptors (Lipinski definition) is 4. The molecule has 2 N–H and O–H groups in total. The zero-order valence-electron chi connectivity index (χ0n) is 15.0. The van der Waals surface area contributed by atoms with Gasteiger partial charge in [-0.3, -0.25) is 9.78 Å². The number of benzene rings is 2. The number of nitrogens with zero attached hydrogens (tertiary/aromatic N) is 1. The smallest absolute Gasteiger partial charge is 0.307 e. The molecule has 1 saturated carbocycles. The van der Waals surface area contributed by atoms with Crippen molar-refractivity contribution in [1.29, 1.82) is 0 Å². The van der Waals surface area contributed by atoms with Crippen LogP contribution in [0.1, 0.15) is 30.9 Å². The van der Waals surface area contributed by atoms with Crippen LogP contribution < -0.4 is 11.2 Å². The molecule has 2 heterocycles. The van der Waals surface area contributed by atoms with Crippen molar-refractivity contribution in [3.63, 3.8) is 0 Å². The van der Waals surface area contributed by atoms with Crippen LogP contribution >= 0.6 is 0 Å². The Morgan fingerprint density at radius 1 is 1.00 bits per heavy atom. The van der Waals surface area contributed by atoms with Gasteiger partial charge in [0.1, 0.15) is 0 Å². The maximum Gasteiger partial charge on any atom is 0.326 e. The Bertz CT molecular complexity index is 1290. The number of H-pyrrole nitrogens is 2. The van der Waals surface area contributed by atoms with E-state index in [1.54, 1.807) is 4.31 Å². The summed E-state index contributed by atoms with van der Waals surface area (Å²) in [6.45, 7) is 0.495. The molecule has 2 fully saturated rings. The molecule has 2 aromatic carbocycles. The summed E-state index contributed by atoms with van der Waals surface area (Å²) < 4.78 is 28.3. The lowest BCUT2D eigenvalue weighted by molar-refractivity contribution is -0.0780. The molecule has 0 bridgehead atoms. The van der Waals surface area contributed by atoms with E-state index in [0.29, 0.717) is 12.1 Å². The predicted molar refractivity (Wildman–Crippen MR) is 105 cm³/mol. The summed E-state index contributed by atoms with van der Waals surface area (Å²) >= 11 is 0. The minimum Gasteiger partial charge on any atom is -0.307 e. The van der Waals surface area contributed by atoms with E-state index >= 15 is 0 Å². The van der Waals surface area contributed by atoms with Gasteiger partial charge in [-0.1, -0.05) is 36.8 Å². The van der Waals surface area contributed by atoms with E-state index in [1.807, 2.05) is 30.3 Å². The Labute approximate surface area is 161 Å². The van der Waals surface area contributed by atoms with Gasteiger partial charge in [0.2, 0.25) is 10.0 Å². The van der Waals surface area contributed by atoms with Crippen LogP contribution in [0.2, 0.25) is 0 Å². The van der Waals surface area contributed by atoms with Crippen LogP contribution in [0.5, 0.6) is 0 Å². The van der Waals surface area contributed by atoms with E-state index in [9.17, 15) is 18.0 Å². The maximum absolute atomic E-state index is 13.4. The maximum atomic E-state index is 13.4. The molecule has 1 saturated heterocycles. The monoisotopic (exact) mass is 397 g/mol. The molecule has 2 aliphatic rings. The van der Waals surface area contributed by atoms with Crippen molar-refractivity contribution >= 4 is 20.9 Å². The van der Waals surface area contributed by atoms with Crippen LogP contribution in [0.25, 0.3) is 10.9 Å². The normalized spacial score (nSPS) is 21.4. The second-order valence-electron chi connectivity index (χ2n) is 7.70. The standard InChI is InChI=1S/C20H19N3O4S/c24-18-15-11-14(7-8-16(15)21-19(25)22-18)28(26,27)23-12-20(9-4-10-20)17(23)13-5-2-1-3-6-13/h1-3,5-8,11,17H,4,9-10,12H2,(H2,21,22,24,25). The van der Waals surface area contributed by atoms with Crippen molar-refractivity contribution in [2.75, 3.05) is 6.54 Å². The predicted octanol–water partition coefficient (Wildman–Crippen LogP) is 2.13. The molecule has 0 radical (unpaired) electrons. The number of rotatable bonds is 3. The van der Waals surface area contributed by atoms with Crippen LogP contribution in [0.4, 0.5) is 0 Å². The van der Waals surface area contributed by atoms with Gasteiger partial charge in [0.05, 0.1) is 21.8 Å². The van der Waals surface area contributed by atoms with Crippen molar-refractivity contribution in [3.05, 3.63) is 74.9 Å². The summed E-state index contributed by atoms with van der Waals surface area (Å²) in [6.07, 6.45) is 3.17. The Morgan fingerprint density at radius 2 is 1.75 bits per heavy atom. The third-order valence-corrected chi connectivity index (χ3v) is 7.93. The van der Waals surface area contributed by atoms with Crippen LogP contribution in [0, 0.1) is 5.41 Å². The molecule has 1 atom stereocenters. The summed E-state index contributed by atoms with van der Waals surface area (Å²) in [5.74, 6) is 0. The van der Waals surface area contributed by atoms with Crippen LogP contribution in [-0.2, 0) is 10.0 Å². The first-order valence-corrected chi connectivity index (χ1v) is 10.7. The summed E-state index contributed by atoms with van der Waals surface area (Å²) in [5.41, 5.74) is 0.112. The van der Waals surface area contributed by atoms with Crippen molar-refractivity contribution in [1.82, 2.24) is 14.3 Å². The van der Waals surface area contributed by atoms with E-state index in [4.69, 9.17) is 0 Å². The van der Waals surface area contributed by atoms with Gasteiger partial charge in [-0.2, -0.15) is 4.31 Å². The van der Waals surface area contributed by atoms with Gasteiger partial charge >= 0.3 is 5.69 Å². The highest BCUT2D eigenvalue weighted by molar-refractivity contribution is 7.89. The Hall–Kier alpha value is -2.71. The quantitative estimate of drug-likeness (QED) is 0.707. The van der Waals surface area contributed by atoms with Gasteiger partial charge in [-0.15, -0.1) is 0 Å². The third kappa shape index (κ3) is 2.41. The Kier molecular flexibility index (Phi) is 3.66. The van der Waals surface area contributed by atoms with Gasteiger partial charge < -0.3 is 4.98 Å². The number of nitrogens with one attached hydrogen (secondary N) is 2. The minimum absolute atomic E-state index is 0.0218. The SMILES string of the molecule is O=c1[nH]c(=O)c2cc(S(=O)(=O)N3CC4(CCC4)C3c3ccccc3)ccc2[nH]1. The van der Waals surface area contributed by atoms with E-state index in [-0.39, 0.29) is 21.7 Å². The number of hydrogen-bond donors (Lipinski definition) is 2. The number of aromatic amines is 2. The highest BCUT2D eigenvalue weighted by atomic mass is 32.2. The molecular formula is C20H19N3O4S. The number of sulfonamides is 1. The Balaban J connectivity index is 1.59. The molecule has 3 aromatic rings. The summed E-state index contributed by atoms with van der Waals surface area (Å²) in [6, 6.07) is 13.8. The largest absolute Gasteiger partial charge is 0.326 e. The zero-order valence-corrected chi connectivity index (χ0v) is 15.8. The highest BCUT2D eigenvalue weighted by Gasteiger charge is 2.60. The topological polar surface area (TPSA) is 103 Å². The Morgan fingerprint density at radius 3 is 2.43 bits per heavy atom. The molecule has 7 nitrogen and oxygen atoms in total. The fraction of sp³-hybridized carbons (Fsp3) is 0.300. The molecule has 1 aliphatic heterocycles. The number of fused-ring (bicyclic) bond motifs is 1. The van der Waals surface area contributed by atoms with Crippen molar-refractivity contribution in [3.8, 4) is 0 Å². The molecule has 1 aliphatic carbocycles. The summed E-state index contributed by atoms with van der Waals surface area (Å²) in [7, 11) is -3.78. The van der Waals surface area contributed by atoms with Crippen molar-refractivity contribution in [2.24, 2.45) is 5.41 Å². The lowest BCUT2D eigenvalue weighted by Crippen LogP contribution is -2.63. The van der Waals surface area contributed by atoms with Gasteiger partial charge in [0, 0.05) is 12.0 Å². The first kappa shape index (κ1) is 17.4.